The first-order chi connectivity index (χ1) is 8.52. The van der Waals surface area contributed by atoms with E-state index in [-0.39, 0.29) is 6.04 Å². The zero-order chi connectivity index (χ0) is 13.3. The average molecular weight is 260 g/mol. The third kappa shape index (κ3) is 2.47. The topological polar surface area (TPSA) is 24.9 Å². The van der Waals surface area contributed by atoms with Crippen molar-refractivity contribution in [1.29, 1.82) is 0 Å². The number of nitrogens with zero attached hydrogens (tertiary/aromatic N) is 1. The highest BCUT2D eigenvalue weighted by atomic mass is 32.1. The number of aryl methyl sites for hydroxylation is 4. The number of benzene rings is 1. The molecule has 0 radical (unpaired) electrons. The molecule has 0 amide bonds. The molecule has 0 saturated heterocycles. The minimum atomic E-state index is 0.198. The van der Waals surface area contributed by atoms with Crippen molar-refractivity contribution in [2.24, 2.45) is 0 Å². The Morgan fingerprint density at radius 2 is 1.72 bits per heavy atom. The van der Waals surface area contributed by atoms with Gasteiger partial charge in [0.1, 0.15) is 5.01 Å². The summed E-state index contributed by atoms with van der Waals surface area (Å²) in [6.07, 6.45) is 0. The van der Waals surface area contributed by atoms with Crippen LogP contribution in [0.2, 0.25) is 0 Å². The van der Waals surface area contributed by atoms with Crippen LogP contribution in [0.1, 0.15) is 39.0 Å². The van der Waals surface area contributed by atoms with Crippen LogP contribution in [0.15, 0.2) is 17.5 Å². The molecule has 0 fully saturated rings. The molecule has 0 aliphatic heterocycles. The summed E-state index contributed by atoms with van der Waals surface area (Å²) in [6, 6.07) is 4.68. The summed E-state index contributed by atoms with van der Waals surface area (Å²) in [5.74, 6) is 0. The van der Waals surface area contributed by atoms with Gasteiger partial charge in [-0.1, -0.05) is 17.7 Å². The molecule has 2 aromatic rings. The summed E-state index contributed by atoms with van der Waals surface area (Å²) in [5.41, 5.74) is 6.44. The second-order valence-corrected chi connectivity index (χ2v) is 5.75. The van der Waals surface area contributed by atoms with Crippen molar-refractivity contribution < 1.29 is 0 Å². The maximum atomic E-state index is 4.62. The van der Waals surface area contributed by atoms with E-state index < -0.39 is 0 Å². The number of hydrogen-bond acceptors (Lipinski definition) is 3. The predicted molar refractivity (Wildman–Crippen MR) is 78.4 cm³/mol. The van der Waals surface area contributed by atoms with Gasteiger partial charge in [-0.05, 0) is 51.4 Å². The van der Waals surface area contributed by atoms with Crippen LogP contribution in [0, 0.1) is 27.7 Å². The van der Waals surface area contributed by atoms with Gasteiger partial charge in [0, 0.05) is 11.1 Å². The summed E-state index contributed by atoms with van der Waals surface area (Å²) in [5, 5.41) is 6.65. The van der Waals surface area contributed by atoms with Gasteiger partial charge in [-0.25, -0.2) is 4.98 Å². The van der Waals surface area contributed by atoms with Crippen molar-refractivity contribution in [1.82, 2.24) is 10.3 Å². The fourth-order valence-electron chi connectivity index (χ4n) is 2.54. The molecule has 96 valence electrons. The lowest BCUT2D eigenvalue weighted by Crippen LogP contribution is -2.19. The monoisotopic (exact) mass is 260 g/mol. The molecule has 0 aliphatic carbocycles. The molecule has 0 spiro atoms. The first-order valence-electron chi connectivity index (χ1n) is 6.20. The van der Waals surface area contributed by atoms with E-state index in [1.807, 2.05) is 14.0 Å². The predicted octanol–water partition coefficient (Wildman–Crippen LogP) is 3.69. The smallest absolute Gasteiger partial charge is 0.114 e. The maximum absolute atomic E-state index is 4.62. The molecule has 18 heavy (non-hydrogen) atoms. The van der Waals surface area contributed by atoms with Crippen molar-refractivity contribution in [3.8, 4) is 0 Å². The highest BCUT2D eigenvalue weighted by Gasteiger charge is 2.19. The molecule has 1 aromatic heterocycles. The molecule has 0 saturated carbocycles. The fourth-order valence-corrected chi connectivity index (χ4v) is 3.46. The van der Waals surface area contributed by atoms with Gasteiger partial charge >= 0.3 is 0 Å². The van der Waals surface area contributed by atoms with E-state index in [1.165, 1.54) is 22.3 Å². The van der Waals surface area contributed by atoms with E-state index in [9.17, 15) is 0 Å². The third-order valence-electron chi connectivity index (χ3n) is 3.20. The van der Waals surface area contributed by atoms with Crippen LogP contribution in [-0.2, 0) is 0 Å². The molecule has 2 nitrogen and oxygen atoms in total. The normalized spacial score (nSPS) is 12.7. The Labute approximate surface area is 113 Å². The van der Waals surface area contributed by atoms with Crippen molar-refractivity contribution in [2.45, 2.75) is 33.7 Å². The van der Waals surface area contributed by atoms with Crippen molar-refractivity contribution in [3.63, 3.8) is 0 Å². The quantitative estimate of drug-likeness (QED) is 0.910. The zero-order valence-corrected chi connectivity index (χ0v) is 12.5. The number of nitrogens with one attached hydrogen (secondary N) is 1. The Balaban J connectivity index is 2.51. The van der Waals surface area contributed by atoms with Crippen molar-refractivity contribution in [3.05, 3.63) is 50.5 Å². The molecule has 0 bridgehead atoms. The SMILES string of the molecule is CNC(c1nc(C)cs1)c1c(C)cc(C)cc1C. The third-order valence-corrected chi connectivity index (χ3v) is 4.23. The highest BCUT2D eigenvalue weighted by molar-refractivity contribution is 7.09. The summed E-state index contributed by atoms with van der Waals surface area (Å²) in [4.78, 5) is 4.62. The van der Waals surface area contributed by atoms with E-state index in [1.54, 1.807) is 11.3 Å². The van der Waals surface area contributed by atoms with Crippen LogP contribution < -0.4 is 5.32 Å². The van der Waals surface area contributed by atoms with Gasteiger partial charge in [0.2, 0.25) is 0 Å². The number of rotatable bonds is 3. The molecule has 1 unspecified atom stereocenters. The molecular weight excluding hydrogens is 240 g/mol. The Hall–Kier alpha value is -1.19. The molecule has 1 aromatic carbocycles. The minimum Gasteiger partial charge on any atom is -0.307 e. The average Bonchev–Trinajstić information content (AvgIpc) is 2.69. The van der Waals surface area contributed by atoms with Crippen molar-refractivity contribution >= 4 is 11.3 Å². The second-order valence-electron chi connectivity index (χ2n) is 4.86. The summed E-state index contributed by atoms with van der Waals surface area (Å²) in [7, 11) is 2.00. The summed E-state index contributed by atoms with van der Waals surface area (Å²) < 4.78 is 0. The fraction of sp³-hybridized carbons (Fsp3) is 0.400. The zero-order valence-electron chi connectivity index (χ0n) is 11.7. The second kappa shape index (κ2) is 5.21. The number of hydrogen-bond donors (Lipinski definition) is 1. The largest absolute Gasteiger partial charge is 0.307 e. The van der Waals surface area contributed by atoms with Gasteiger partial charge in [-0.2, -0.15) is 0 Å². The molecule has 2 rings (SSSR count). The van der Waals surface area contributed by atoms with Crippen LogP contribution in [0.4, 0.5) is 0 Å². The Kier molecular flexibility index (Phi) is 3.83. The summed E-state index contributed by atoms with van der Waals surface area (Å²) in [6.45, 7) is 8.55. The van der Waals surface area contributed by atoms with Gasteiger partial charge in [-0.3, -0.25) is 0 Å². The molecule has 0 aliphatic rings. The molecule has 3 heteroatoms. The van der Waals surface area contributed by atoms with Gasteiger partial charge < -0.3 is 5.32 Å². The Bertz CT molecular complexity index is 534. The summed E-state index contributed by atoms with van der Waals surface area (Å²) >= 11 is 1.73. The van der Waals surface area contributed by atoms with E-state index in [2.05, 4.69) is 48.6 Å². The van der Waals surface area contributed by atoms with E-state index in [0.717, 1.165) is 10.7 Å². The maximum Gasteiger partial charge on any atom is 0.114 e. The standard InChI is InChI=1S/C15H20N2S/c1-9-6-10(2)13(11(3)7-9)14(16-5)15-17-12(4)8-18-15/h6-8,14,16H,1-5H3. The van der Waals surface area contributed by atoms with Gasteiger partial charge in [0.25, 0.3) is 0 Å². The Morgan fingerprint density at radius 3 is 2.17 bits per heavy atom. The minimum absolute atomic E-state index is 0.198. The molecule has 1 heterocycles. The van der Waals surface area contributed by atoms with Crippen LogP contribution in [0.25, 0.3) is 0 Å². The van der Waals surface area contributed by atoms with Gasteiger partial charge in [0.15, 0.2) is 0 Å². The van der Waals surface area contributed by atoms with Crippen molar-refractivity contribution in [2.75, 3.05) is 7.05 Å². The van der Waals surface area contributed by atoms with Crippen LogP contribution in [-0.4, -0.2) is 12.0 Å². The van der Waals surface area contributed by atoms with E-state index in [4.69, 9.17) is 0 Å². The van der Waals surface area contributed by atoms with Crippen LogP contribution in [0.3, 0.4) is 0 Å². The number of thiazole rings is 1. The lowest BCUT2D eigenvalue weighted by Gasteiger charge is -2.20. The molecule has 1 atom stereocenters. The lowest BCUT2D eigenvalue weighted by molar-refractivity contribution is 0.676. The van der Waals surface area contributed by atoms with E-state index in [0.29, 0.717) is 0 Å². The van der Waals surface area contributed by atoms with E-state index >= 15 is 0 Å². The Morgan fingerprint density at radius 1 is 1.11 bits per heavy atom. The first-order valence-corrected chi connectivity index (χ1v) is 7.08. The van der Waals surface area contributed by atoms with Crippen LogP contribution >= 0.6 is 11.3 Å². The van der Waals surface area contributed by atoms with Gasteiger partial charge in [-0.15, -0.1) is 11.3 Å². The molecular formula is C15H20N2S. The highest BCUT2D eigenvalue weighted by Crippen LogP contribution is 2.30. The number of aromatic nitrogens is 1. The molecule has 1 N–H and O–H groups in total. The first kappa shape index (κ1) is 13.2. The van der Waals surface area contributed by atoms with Crippen LogP contribution in [0.5, 0.6) is 0 Å². The lowest BCUT2D eigenvalue weighted by atomic mass is 9.94. The van der Waals surface area contributed by atoms with Gasteiger partial charge in [0.05, 0.1) is 6.04 Å².